The van der Waals surface area contributed by atoms with Crippen LogP contribution in [0.1, 0.15) is 41.0 Å². The van der Waals surface area contributed by atoms with E-state index in [9.17, 15) is 5.11 Å². The van der Waals surface area contributed by atoms with Gasteiger partial charge in [0, 0.05) is 68.1 Å². The number of aliphatic hydroxyl groups excluding tert-OH is 1. The van der Waals surface area contributed by atoms with Crippen LogP contribution in [-0.2, 0) is 13.0 Å². The Bertz CT molecular complexity index is 1290. The molecule has 0 unspecified atom stereocenters. The van der Waals surface area contributed by atoms with Crippen LogP contribution < -0.4 is 10.1 Å². The number of hydrogen-bond acceptors (Lipinski definition) is 7. The number of aliphatic hydroxyl groups is 1. The quantitative estimate of drug-likeness (QED) is 0.373. The number of likely N-dealkylation sites (tertiary alicyclic amines) is 1. The molecule has 0 saturated carbocycles. The predicted octanol–water partition coefficient (Wildman–Crippen LogP) is 4.90. The van der Waals surface area contributed by atoms with Crippen molar-refractivity contribution in [2.24, 2.45) is 5.41 Å². The molecule has 3 aliphatic rings. The standard InChI is InChI=1S/C32H42N4O2S/c1-23-25(7-3-9-27(23)31-34-28-11-15-35(16-17-37)19-30(28)39-31)26-8-4-10-29(24(26)2)38-18-6-14-36-21-32(22-36)12-5-13-33-20-32/h3-4,7-10,33,37H,5-6,11-22H2,1-2H3. The molecule has 39 heavy (non-hydrogen) atoms. The Kier molecular flexibility index (Phi) is 8.05. The Morgan fingerprint density at radius 2 is 1.82 bits per heavy atom. The number of hydrogen-bond donors (Lipinski definition) is 2. The molecule has 1 spiro atoms. The molecule has 6 rings (SSSR count). The van der Waals surface area contributed by atoms with Crippen LogP contribution in [0.4, 0.5) is 0 Å². The highest BCUT2D eigenvalue weighted by molar-refractivity contribution is 7.15. The zero-order chi connectivity index (χ0) is 26.8. The minimum Gasteiger partial charge on any atom is -0.493 e. The second kappa shape index (κ2) is 11.7. The SMILES string of the molecule is Cc1c(OCCCN2CC3(CCCNC3)C2)cccc1-c1cccc(-c2nc3c(s2)CN(CCO)CC3)c1C. The van der Waals surface area contributed by atoms with Crippen molar-refractivity contribution in [1.29, 1.82) is 0 Å². The molecular formula is C32H42N4O2S. The monoisotopic (exact) mass is 546 g/mol. The summed E-state index contributed by atoms with van der Waals surface area (Å²) in [5, 5.41) is 14.0. The van der Waals surface area contributed by atoms with E-state index in [-0.39, 0.29) is 6.61 Å². The average molecular weight is 547 g/mol. The second-order valence-electron chi connectivity index (χ2n) is 11.7. The number of fused-ring (bicyclic) bond motifs is 1. The van der Waals surface area contributed by atoms with E-state index >= 15 is 0 Å². The van der Waals surface area contributed by atoms with Crippen LogP contribution >= 0.6 is 11.3 Å². The third-order valence-electron chi connectivity index (χ3n) is 8.92. The van der Waals surface area contributed by atoms with Gasteiger partial charge in [-0.15, -0.1) is 11.3 Å². The van der Waals surface area contributed by atoms with Gasteiger partial charge in [0.25, 0.3) is 0 Å². The lowest BCUT2D eigenvalue weighted by Crippen LogP contribution is -2.62. The van der Waals surface area contributed by atoms with Crippen LogP contribution in [0.2, 0.25) is 0 Å². The van der Waals surface area contributed by atoms with Gasteiger partial charge in [-0.3, -0.25) is 4.90 Å². The summed E-state index contributed by atoms with van der Waals surface area (Å²) in [5.74, 6) is 0.988. The minimum atomic E-state index is 0.210. The van der Waals surface area contributed by atoms with Gasteiger partial charge in [-0.2, -0.15) is 0 Å². The first-order chi connectivity index (χ1) is 19.0. The molecule has 4 heterocycles. The van der Waals surface area contributed by atoms with E-state index in [1.165, 1.54) is 77.4 Å². The van der Waals surface area contributed by atoms with Crippen molar-refractivity contribution in [1.82, 2.24) is 20.1 Å². The van der Waals surface area contributed by atoms with Crippen molar-refractivity contribution in [3.63, 3.8) is 0 Å². The normalized spacial score (nSPS) is 19.2. The van der Waals surface area contributed by atoms with E-state index in [0.717, 1.165) is 56.4 Å². The fourth-order valence-electron chi connectivity index (χ4n) is 6.75. The minimum absolute atomic E-state index is 0.210. The number of aromatic nitrogens is 1. The fraction of sp³-hybridized carbons (Fsp3) is 0.531. The van der Waals surface area contributed by atoms with Crippen molar-refractivity contribution < 1.29 is 9.84 Å². The summed E-state index contributed by atoms with van der Waals surface area (Å²) >= 11 is 1.81. The molecule has 2 fully saturated rings. The van der Waals surface area contributed by atoms with E-state index in [4.69, 9.17) is 9.72 Å². The second-order valence-corrected chi connectivity index (χ2v) is 12.8. The zero-order valence-corrected chi connectivity index (χ0v) is 24.3. The van der Waals surface area contributed by atoms with Crippen LogP contribution in [0.5, 0.6) is 5.75 Å². The Labute approximate surface area is 237 Å². The van der Waals surface area contributed by atoms with Crippen molar-refractivity contribution in [2.45, 2.75) is 46.1 Å². The van der Waals surface area contributed by atoms with Crippen LogP contribution in [0, 0.1) is 19.3 Å². The van der Waals surface area contributed by atoms with Gasteiger partial charge < -0.3 is 20.1 Å². The first-order valence-electron chi connectivity index (χ1n) is 14.6. The number of nitrogens with one attached hydrogen (secondary N) is 1. The summed E-state index contributed by atoms with van der Waals surface area (Å²) in [5.41, 5.74) is 7.94. The molecule has 2 aromatic carbocycles. The van der Waals surface area contributed by atoms with Gasteiger partial charge in [0.15, 0.2) is 0 Å². The molecule has 0 bridgehead atoms. The highest BCUT2D eigenvalue weighted by Gasteiger charge is 2.42. The molecule has 208 valence electrons. The molecule has 3 aliphatic heterocycles. The van der Waals surface area contributed by atoms with Crippen molar-refractivity contribution in [2.75, 3.05) is 59.0 Å². The molecule has 7 heteroatoms. The first kappa shape index (κ1) is 26.9. The molecule has 0 aliphatic carbocycles. The van der Waals surface area contributed by atoms with E-state index in [1.54, 1.807) is 11.3 Å². The molecule has 3 aromatic rings. The summed E-state index contributed by atoms with van der Waals surface area (Å²) in [6, 6.07) is 13.0. The summed E-state index contributed by atoms with van der Waals surface area (Å²) < 4.78 is 6.32. The lowest BCUT2D eigenvalue weighted by Gasteiger charge is -2.52. The molecule has 1 aromatic heterocycles. The largest absolute Gasteiger partial charge is 0.493 e. The zero-order valence-electron chi connectivity index (χ0n) is 23.5. The topological polar surface area (TPSA) is 60.9 Å². The highest BCUT2D eigenvalue weighted by Crippen LogP contribution is 2.39. The number of piperidine rings is 1. The van der Waals surface area contributed by atoms with E-state index < -0.39 is 0 Å². The Morgan fingerprint density at radius 3 is 2.62 bits per heavy atom. The number of benzene rings is 2. The predicted molar refractivity (Wildman–Crippen MR) is 160 cm³/mol. The van der Waals surface area contributed by atoms with Gasteiger partial charge in [-0.05, 0) is 68.0 Å². The maximum Gasteiger partial charge on any atom is 0.124 e. The molecule has 0 atom stereocenters. The number of rotatable bonds is 9. The van der Waals surface area contributed by atoms with Gasteiger partial charge in [0.1, 0.15) is 10.8 Å². The van der Waals surface area contributed by atoms with Crippen molar-refractivity contribution in [3.05, 3.63) is 58.1 Å². The van der Waals surface area contributed by atoms with E-state index in [2.05, 4.69) is 65.4 Å². The molecule has 0 radical (unpaired) electrons. The van der Waals surface area contributed by atoms with Crippen molar-refractivity contribution >= 4 is 11.3 Å². The average Bonchev–Trinajstić information content (AvgIpc) is 3.35. The molecule has 0 amide bonds. The summed E-state index contributed by atoms with van der Waals surface area (Å²) in [7, 11) is 0. The van der Waals surface area contributed by atoms with Gasteiger partial charge in [0.2, 0.25) is 0 Å². The number of nitrogens with zero attached hydrogens (tertiary/aromatic N) is 3. The van der Waals surface area contributed by atoms with E-state index in [1.807, 2.05) is 0 Å². The maximum atomic E-state index is 9.34. The Hall–Kier alpha value is -2.29. The summed E-state index contributed by atoms with van der Waals surface area (Å²) in [4.78, 5) is 11.3. The highest BCUT2D eigenvalue weighted by atomic mass is 32.1. The Morgan fingerprint density at radius 1 is 1.03 bits per heavy atom. The first-order valence-corrected chi connectivity index (χ1v) is 15.4. The van der Waals surface area contributed by atoms with Gasteiger partial charge >= 0.3 is 0 Å². The lowest BCUT2D eigenvalue weighted by atomic mass is 9.74. The van der Waals surface area contributed by atoms with Crippen LogP contribution in [0.3, 0.4) is 0 Å². The number of ether oxygens (including phenoxy) is 1. The molecule has 2 saturated heterocycles. The van der Waals surface area contributed by atoms with Crippen LogP contribution in [0.25, 0.3) is 21.7 Å². The molecule has 6 nitrogen and oxygen atoms in total. The Balaban J connectivity index is 1.11. The molecule has 2 N–H and O–H groups in total. The van der Waals surface area contributed by atoms with Gasteiger partial charge in [-0.1, -0.05) is 30.3 Å². The lowest BCUT2D eigenvalue weighted by molar-refractivity contribution is -0.0193. The summed E-state index contributed by atoms with van der Waals surface area (Å²) in [6.07, 6.45) is 4.73. The van der Waals surface area contributed by atoms with Crippen LogP contribution in [-0.4, -0.2) is 78.9 Å². The van der Waals surface area contributed by atoms with Crippen LogP contribution in [0.15, 0.2) is 36.4 Å². The van der Waals surface area contributed by atoms with Gasteiger partial charge in [-0.25, -0.2) is 4.98 Å². The third kappa shape index (κ3) is 5.66. The number of thiazole rings is 1. The smallest absolute Gasteiger partial charge is 0.124 e. The number of β-amino-alcohol motifs (C(OH)–C–C–N with tert-alkyl or cyclic N) is 1. The van der Waals surface area contributed by atoms with Gasteiger partial charge in [0.05, 0.1) is 18.9 Å². The van der Waals surface area contributed by atoms with Crippen molar-refractivity contribution in [3.8, 4) is 27.4 Å². The summed E-state index contributed by atoms with van der Waals surface area (Å²) in [6.45, 7) is 14.0. The van der Waals surface area contributed by atoms with E-state index in [0.29, 0.717) is 5.41 Å². The molecular weight excluding hydrogens is 504 g/mol. The fourth-order valence-corrected chi connectivity index (χ4v) is 7.98. The third-order valence-corrected chi connectivity index (χ3v) is 10.0. The maximum absolute atomic E-state index is 9.34.